The van der Waals surface area contributed by atoms with Crippen LogP contribution in [0.1, 0.15) is 11.1 Å². The zero-order valence-electron chi connectivity index (χ0n) is 14.7. The zero-order chi connectivity index (χ0) is 18.1. The average molecular weight is 370 g/mol. The number of rotatable bonds is 4. The highest BCUT2D eigenvalue weighted by Gasteiger charge is 2.21. The summed E-state index contributed by atoms with van der Waals surface area (Å²) in [6.07, 6.45) is 1.62. The Bertz CT molecular complexity index is 1020. The number of furan rings is 1. The van der Waals surface area contributed by atoms with E-state index in [4.69, 9.17) is 4.42 Å². The van der Waals surface area contributed by atoms with Gasteiger partial charge < -0.3 is 9.73 Å². The van der Waals surface area contributed by atoms with Crippen LogP contribution >= 0.6 is 0 Å². The van der Waals surface area contributed by atoms with Crippen molar-refractivity contribution in [1.29, 1.82) is 0 Å². The summed E-state index contributed by atoms with van der Waals surface area (Å²) in [5.41, 5.74) is 2.72. The molecule has 136 valence electrons. The van der Waals surface area contributed by atoms with Crippen molar-refractivity contribution >= 4 is 20.8 Å². The molecule has 4 rings (SSSR count). The second-order valence-electron chi connectivity index (χ2n) is 6.76. The van der Waals surface area contributed by atoms with Crippen LogP contribution in [-0.4, -0.2) is 39.5 Å². The van der Waals surface area contributed by atoms with Gasteiger partial charge in [0.25, 0.3) is 0 Å². The molecule has 1 N–H and O–H groups in total. The second-order valence-corrected chi connectivity index (χ2v) is 8.71. The first kappa shape index (κ1) is 17.3. The van der Waals surface area contributed by atoms with Crippen molar-refractivity contribution in [3.63, 3.8) is 0 Å². The largest absolute Gasteiger partial charge is 0.464 e. The van der Waals surface area contributed by atoms with Gasteiger partial charge in [0.2, 0.25) is 9.84 Å². The number of nitrogens with zero attached hydrogens (tertiary/aromatic N) is 1. The lowest BCUT2D eigenvalue weighted by molar-refractivity contribution is 0.233. The van der Waals surface area contributed by atoms with Gasteiger partial charge in [-0.05, 0) is 37.3 Å². The molecule has 5 nitrogen and oxygen atoms in total. The Hall–Kier alpha value is -2.15. The Morgan fingerprint density at radius 1 is 1.04 bits per heavy atom. The van der Waals surface area contributed by atoms with Gasteiger partial charge in [-0.3, -0.25) is 4.90 Å². The highest BCUT2D eigenvalue weighted by atomic mass is 32.2. The molecule has 2 heterocycles. The van der Waals surface area contributed by atoms with Crippen molar-refractivity contribution in [2.24, 2.45) is 0 Å². The summed E-state index contributed by atoms with van der Waals surface area (Å²) in [7, 11) is -3.56. The molecule has 0 spiro atoms. The summed E-state index contributed by atoms with van der Waals surface area (Å²) >= 11 is 0. The smallest absolute Gasteiger partial charge is 0.206 e. The number of sulfone groups is 1. The molecule has 0 atom stereocenters. The topological polar surface area (TPSA) is 62.6 Å². The van der Waals surface area contributed by atoms with E-state index in [-0.39, 0.29) is 0 Å². The summed E-state index contributed by atoms with van der Waals surface area (Å²) < 4.78 is 31.8. The molecule has 0 aliphatic carbocycles. The van der Waals surface area contributed by atoms with Gasteiger partial charge >= 0.3 is 0 Å². The number of fused-ring (bicyclic) bond motifs is 1. The highest BCUT2D eigenvalue weighted by Crippen LogP contribution is 2.29. The molecule has 0 unspecified atom stereocenters. The van der Waals surface area contributed by atoms with E-state index >= 15 is 0 Å². The van der Waals surface area contributed by atoms with Crippen molar-refractivity contribution < 1.29 is 12.8 Å². The Labute approximate surface area is 153 Å². The van der Waals surface area contributed by atoms with Crippen molar-refractivity contribution in [3.05, 3.63) is 59.9 Å². The first-order chi connectivity index (χ1) is 12.5. The maximum atomic E-state index is 13.1. The fourth-order valence-corrected chi connectivity index (χ4v) is 4.71. The lowest BCUT2D eigenvalue weighted by Crippen LogP contribution is -2.42. The molecule has 1 aliphatic heterocycles. The highest BCUT2D eigenvalue weighted by molar-refractivity contribution is 7.91. The quantitative estimate of drug-likeness (QED) is 0.765. The third kappa shape index (κ3) is 3.28. The predicted octanol–water partition coefficient (Wildman–Crippen LogP) is 2.98. The van der Waals surface area contributed by atoms with Crippen LogP contribution in [0.2, 0.25) is 0 Å². The molecular weight excluding hydrogens is 348 g/mol. The summed E-state index contributed by atoms with van der Waals surface area (Å²) in [6, 6.07) is 12.3. The van der Waals surface area contributed by atoms with E-state index in [1.165, 1.54) is 0 Å². The molecular formula is C20H22N2O3S. The molecule has 0 saturated carbocycles. The van der Waals surface area contributed by atoms with E-state index in [2.05, 4.69) is 10.2 Å². The van der Waals surface area contributed by atoms with Gasteiger partial charge in [0.1, 0.15) is 5.58 Å². The van der Waals surface area contributed by atoms with Crippen LogP contribution in [0.4, 0.5) is 0 Å². The summed E-state index contributed by atoms with van der Waals surface area (Å²) in [5.74, 6) is 0. The van der Waals surface area contributed by atoms with Crippen LogP contribution in [0.15, 0.2) is 62.9 Å². The standard InChI is InChI=1S/C20H22N2O3S/c1-15-2-4-18(5-3-15)26(23,24)19-12-16-6-11-25-20(16)17(13-19)14-22-9-7-21-8-10-22/h2-6,11-13,21H,7-10,14H2,1H3. The monoisotopic (exact) mass is 370 g/mol. The molecule has 0 radical (unpaired) electrons. The van der Waals surface area contributed by atoms with E-state index in [9.17, 15) is 8.42 Å². The van der Waals surface area contributed by atoms with Gasteiger partial charge in [0.05, 0.1) is 16.1 Å². The first-order valence-electron chi connectivity index (χ1n) is 8.79. The maximum absolute atomic E-state index is 13.1. The fraction of sp³-hybridized carbons (Fsp3) is 0.300. The van der Waals surface area contributed by atoms with Crippen molar-refractivity contribution in [2.45, 2.75) is 23.3 Å². The number of hydrogen-bond acceptors (Lipinski definition) is 5. The maximum Gasteiger partial charge on any atom is 0.206 e. The van der Waals surface area contributed by atoms with E-state index in [0.717, 1.165) is 48.3 Å². The molecule has 1 aliphatic rings. The molecule has 6 heteroatoms. The third-order valence-electron chi connectivity index (χ3n) is 4.85. The molecule has 0 bridgehead atoms. The Kier molecular flexibility index (Phi) is 4.56. The number of aryl methyl sites for hydroxylation is 1. The van der Waals surface area contributed by atoms with E-state index in [1.54, 1.807) is 30.5 Å². The van der Waals surface area contributed by atoms with Gasteiger partial charge in [-0.15, -0.1) is 0 Å². The van der Waals surface area contributed by atoms with E-state index in [1.807, 2.05) is 25.1 Å². The van der Waals surface area contributed by atoms with Gasteiger partial charge in [-0.2, -0.15) is 0 Å². The van der Waals surface area contributed by atoms with Gasteiger partial charge in [-0.25, -0.2) is 8.42 Å². The minimum Gasteiger partial charge on any atom is -0.464 e. The molecule has 1 fully saturated rings. The van der Waals surface area contributed by atoms with E-state index in [0.29, 0.717) is 16.3 Å². The number of nitrogens with one attached hydrogen (secondary N) is 1. The zero-order valence-corrected chi connectivity index (χ0v) is 15.6. The second kappa shape index (κ2) is 6.87. The average Bonchev–Trinajstić information content (AvgIpc) is 3.12. The lowest BCUT2D eigenvalue weighted by Gasteiger charge is -2.27. The van der Waals surface area contributed by atoms with Crippen LogP contribution < -0.4 is 5.32 Å². The number of benzene rings is 2. The minimum atomic E-state index is -3.56. The first-order valence-corrected chi connectivity index (χ1v) is 10.3. The minimum absolute atomic E-state index is 0.319. The van der Waals surface area contributed by atoms with Crippen LogP contribution in [0.3, 0.4) is 0 Å². The Morgan fingerprint density at radius 2 is 1.77 bits per heavy atom. The van der Waals surface area contributed by atoms with Crippen LogP contribution in [-0.2, 0) is 16.4 Å². The molecule has 1 saturated heterocycles. The molecule has 2 aromatic carbocycles. The summed E-state index contributed by atoms with van der Waals surface area (Å²) in [5, 5.41) is 4.16. The molecule has 26 heavy (non-hydrogen) atoms. The molecule has 0 amide bonds. The van der Waals surface area contributed by atoms with Gasteiger partial charge in [0, 0.05) is 43.7 Å². The Morgan fingerprint density at radius 3 is 2.50 bits per heavy atom. The summed E-state index contributed by atoms with van der Waals surface area (Å²) in [6.45, 7) is 6.40. The summed E-state index contributed by atoms with van der Waals surface area (Å²) in [4.78, 5) is 2.95. The lowest BCUT2D eigenvalue weighted by atomic mass is 10.1. The van der Waals surface area contributed by atoms with Gasteiger partial charge in [-0.1, -0.05) is 17.7 Å². The Balaban J connectivity index is 1.76. The van der Waals surface area contributed by atoms with Crippen molar-refractivity contribution in [1.82, 2.24) is 10.2 Å². The van der Waals surface area contributed by atoms with Crippen LogP contribution in [0, 0.1) is 6.92 Å². The van der Waals surface area contributed by atoms with E-state index < -0.39 is 9.84 Å². The predicted molar refractivity (Wildman–Crippen MR) is 101 cm³/mol. The number of hydrogen-bond donors (Lipinski definition) is 1. The normalized spacial score (nSPS) is 16.2. The van der Waals surface area contributed by atoms with Crippen molar-refractivity contribution in [2.75, 3.05) is 26.2 Å². The SMILES string of the molecule is Cc1ccc(S(=O)(=O)c2cc(CN3CCNCC3)c3occc3c2)cc1. The number of piperazine rings is 1. The van der Waals surface area contributed by atoms with Crippen LogP contribution in [0.25, 0.3) is 11.0 Å². The van der Waals surface area contributed by atoms with Gasteiger partial charge in [0.15, 0.2) is 0 Å². The third-order valence-corrected chi connectivity index (χ3v) is 6.60. The fourth-order valence-electron chi connectivity index (χ4n) is 3.36. The van der Waals surface area contributed by atoms with Crippen molar-refractivity contribution in [3.8, 4) is 0 Å². The van der Waals surface area contributed by atoms with Crippen LogP contribution in [0.5, 0.6) is 0 Å². The molecule has 3 aromatic rings. The molecule has 1 aromatic heterocycles.